The number of benzene rings is 2. The normalized spacial score (nSPS) is 22.0. The van der Waals surface area contributed by atoms with E-state index in [9.17, 15) is 15.0 Å². The first kappa shape index (κ1) is 20.3. The van der Waals surface area contributed by atoms with Crippen molar-refractivity contribution in [2.45, 2.75) is 31.5 Å². The second-order valence-corrected chi connectivity index (χ2v) is 7.64. The van der Waals surface area contributed by atoms with Gasteiger partial charge in [0.15, 0.2) is 11.5 Å². The zero-order valence-electron chi connectivity index (χ0n) is 15.9. The summed E-state index contributed by atoms with van der Waals surface area (Å²) in [7, 11) is 1.46. The van der Waals surface area contributed by atoms with Crippen molar-refractivity contribution in [3.05, 3.63) is 53.1 Å². The van der Waals surface area contributed by atoms with Gasteiger partial charge in [-0.05, 0) is 42.8 Å². The minimum absolute atomic E-state index is 0.0283. The van der Waals surface area contributed by atoms with Gasteiger partial charge in [0.25, 0.3) is 0 Å². The van der Waals surface area contributed by atoms with Gasteiger partial charge in [0.05, 0.1) is 20.1 Å². The van der Waals surface area contributed by atoms with Crippen molar-refractivity contribution in [1.82, 2.24) is 4.90 Å². The summed E-state index contributed by atoms with van der Waals surface area (Å²) in [6, 6.07) is 11.9. The SMILES string of the molecule is COc1cc(CC(=O)N2CC[C@H](Oc3cccc(Cl)c3)[C@@](C)(O)C2)ccc1O. The summed E-state index contributed by atoms with van der Waals surface area (Å²) >= 11 is 5.99. The number of phenolic OH excluding ortho intramolecular Hbond substituents is 1. The Morgan fingerprint density at radius 1 is 1.32 bits per heavy atom. The zero-order valence-corrected chi connectivity index (χ0v) is 16.6. The molecule has 1 aliphatic rings. The molecule has 0 spiro atoms. The fourth-order valence-electron chi connectivity index (χ4n) is 3.37. The lowest BCUT2D eigenvalue weighted by molar-refractivity contribution is -0.145. The highest BCUT2D eigenvalue weighted by molar-refractivity contribution is 6.30. The van der Waals surface area contributed by atoms with Crippen molar-refractivity contribution in [3.63, 3.8) is 0 Å². The topological polar surface area (TPSA) is 79.2 Å². The molecule has 28 heavy (non-hydrogen) atoms. The molecule has 0 saturated carbocycles. The number of ether oxygens (including phenoxy) is 2. The number of piperidine rings is 1. The van der Waals surface area contributed by atoms with Crippen LogP contribution >= 0.6 is 11.6 Å². The number of aromatic hydroxyl groups is 1. The van der Waals surface area contributed by atoms with Crippen molar-refractivity contribution in [1.29, 1.82) is 0 Å². The monoisotopic (exact) mass is 405 g/mol. The summed E-state index contributed by atoms with van der Waals surface area (Å²) in [5.74, 6) is 0.842. The van der Waals surface area contributed by atoms with Crippen LogP contribution in [0.1, 0.15) is 18.9 Å². The molecule has 0 aromatic heterocycles. The zero-order chi connectivity index (χ0) is 20.3. The van der Waals surface area contributed by atoms with E-state index in [0.29, 0.717) is 29.5 Å². The predicted molar refractivity (Wildman–Crippen MR) is 106 cm³/mol. The van der Waals surface area contributed by atoms with Crippen molar-refractivity contribution in [3.8, 4) is 17.2 Å². The molecule has 2 atom stereocenters. The predicted octanol–water partition coefficient (Wildman–Crippen LogP) is 3.03. The van der Waals surface area contributed by atoms with E-state index < -0.39 is 11.7 Å². The number of carbonyl (C=O) groups excluding carboxylic acids is 1. The highest BCUT2D eigenvalue weighted by atomic mass is 35.5. The van der Waals surface area contributed by atoms with Gasteiger partial charge in [-0.2, -0.15) is 0 Å². The molecule has 2 N–H and O–H groups in total. The first-order chi connectivity index (χ1) is 13.3. The van der Waals surface area contributed by atoms with E-state index in [4.69, 9.17) is 21.1 Å². The Balaban J connectivity index is 1.64. The van der Waals surface area contributed by atoms with Gasteiger partial charge in [-0.25, -0.2) is 0 Å². The molecule has 3 rings (SSSR count). The minimum Gasteiger partial charge on any atom is -0.504 e. The average molecular weight is 406 g/mol. The number of phenols is 1. The Morgan fingerprint density at radius 3 is 2.79 bits per heavy atom. The first-order valence-electron chi connectivity index (χ1n) is 9.07. The minimum atomic E-state index is -1.19. The van der Waals surface area contributed by atoms with Crippen LogP contribution in [-0.4, -0.2) is 52.9 Å². The highest BCUT2D eigenvalue weighted by Gasteiger charge is 2.41. The molecule has 7 heteroatoms. The number of hydrogen-bond acceptors (Lipinski definition) is 5. The third-order valence-electron chi connectivity index (χ3n) is 4.89. The van der Waals surface area contributed by atoms with E-state index in [1.165, 1.54) is 13.2 Å². The van der Waals surface area contributed by atoms with Gasteiger partial charge in [0.2, 0.25) is 5.91 Å². The maximum atomic E-state index is 12.7. The standard InChI is InChI=1S/C21H24ClNO5/c1-21(26)13-23(9-8-19(21)28-16-5-3-4-15(22)12-16)20(25)11-14-6-7-17(24)18(10-14)27-2/h3-7,10,12,19,24,26H,8-9,11,13H2,1-2H3/t19-,21-/m0/s1. The molecule has 2 aromatic carbocycles. The van der Waals surface area contributed by atoms with Gasteiger partial charge in [-0.1, -0.05) is 23.7 Å². The smallest absolute Gasteiger partial charge is 0.227 e. The maximum absolute atomic E-state index is 12.7. The van der Waals surface area contributed by atoms with Crippen LogP contribution in [0.5, 0.6) is 17.2 Å². The molecular formula is C21H24ClNO5. The lowest BCUT2D eigenvalue weighted by Crippen LogP contribution is -2.58. The maximum Gasteiger partial charge on any atom is 0.227 e. The van der Waals surface area contributed by atoms with Gasteiger partial charge >= 0.3 is 0 Å². The summed E-state index contributed by atoms with van der Waals surface area (Å²) in [5.41, 5.74) is -0.459. The van der Waals surface area contributed by atoms with Gasteiger partial charge in [0, 0.05) is 18.0 Å². The molecule has 150 valence electrons. The van der Waals surface area contributed by atoms with E-state index >= 15 is 0 Å². The molecule has 0 unspecified atom stereocenters. The van der Waals surface area contributed by atoms with Crippen molar-refractivity contribution < 1.29 is 24.5 Å². The molecule has 1 fully saturated rings. The van der Waals surface area contributed by atoms with Crippen LogP contribution in [0, 0.1) is 0 Å². The Labute approximate surface area is 169 Å². The quantitative estimate of drug-likeness (QED) is 0.799. The number of rotatable bonds is 5. The van der Waals surface area contributed by atoms with E-state index in [1.54, 1.807) is 48.2 Å². The molecule has 0 aliphatic carbocycles. The van der Waals surface area contributed by atoms with Gasteiger partial charge in [-0.15, -0.1) is 0 Å². The fraction of sp³-hybridized carbons (Fsp3) is 0.381. The number of hydrogen-bond donors (Lipinski definition) is 2. The number of β-amino-alcohol motifs (C(OH)–C–C–N with tert-alkyl or cyclic N) is 1. The van der Waals surface area contributed by atoms with E-state index in [-0.39, 0.29) is 24.6 Å². The number of aliphatic hydroxyl groups is 1. The Kier molecular flexibility index (Phi) is 6.01. The van der Waals surface area contributed by atoms with Gasteiger partial charge in [-0.3, -0.25) is 4.79 Å². The third-order valence-corrected chi connectivity index (χ3v) is 5.13. The van der Waals surface area contributed by atoms with E-state index in [0.717, 1.165) is 5.56 Å². The molecular weight excluding hydrogens is 382 g/mol. The summed E-state index contributed by atoms with van der Waals surface area (Å²) < 4.78 is 11.0. The van der Waals surface area contributed by atoms with Crippen LogP contribution in [0.3, 0.4) is 0 Å². The Morgan fingerprint density at radius 2 is 2.11 bits per heavy atom. The second-order valence-electron chi connectivity index (χ2n) is 7.21. The molecule has 1 amide bonds. The van der Waals surface area contributed by atoms with Crippen molar-refractivity contribution in [2.24, 2.45) is 0 Å². The van der Waals surface area contributed by atoms with Crippen LogP contribution in [0.2, 0.25) is 5.02 Å². The number of carbonyl (C=O) groups is 1. The average Bonchev–Trinajstić information content (AvgIpc) is 2.64. The van der Waals surface area contributed by atoms with Crippen LogP contribution in [0.15, 0.2) is 42.5 Å². The second kappa shape index (κ2) is 8.29. The molecule has 1 heterocycles. The van der Waals surface area contributed by atoms with Gasteiger partial charge in [0.1, 0.15) is 17.5 Å². The van der Waals surface area contributed by atoms with Crippen molar-refractivity contribution >= 4 is 17.5 Å². The van der Waals surface area contributed by atoms with E-state index in [2.05, 4.69) is 0 Å². The lowest BCUT2D eigenvalue weighted by Gasteiger charge is -2.42. The number of nitrogens with zero attached hydrogens (tertiary/aromatic N) is 1. The number of likely N-dealkylation sites (tertiary alicyclic amines) is 1. The molecule has 0 bridgehead atoms. The van der Waals surface area contributed by atoms with Crippen LogP contribution < -0.4 is 9.47 Å². The Hall–Kier alpha value is -2.44. The number of halogens is 1. The molecule has 6 nitrogen and oxygen atoms in total. The first-order valence-corrected chi connectivity index (χ1v) is 9.44. The van der Waals surface area contributed by atoms with E-state index in [1.807, 2.05) is 0 Å². The Bertz CT molecular complexity index is 854. The van der Waals surface area contributed by atoms with Crippen LogP contribution in [0.4, 0.5) is 0 Å². The molecule has 1 aliphatic heterocycles. The molecule has 1 saturated heterocycles. The molecule has 0 radical (unpaired) electrons. The highest BCUT2D eigenvalue weighted by Crippen LogP contribution is 2.29. The van der Waals surface area contributed by atoms with Gasteiger partial charge < -0.3 is 24.6 Å². The summed E-state index contributed by atoms with van der Waals surface area (Å²) in [6.45, 7) is 2.33. The number of amides is 1. The summed E-state index contributed by atoms with van der Waals surface area (Å²) in [6.07, 6.45) is 0.222. The third kappa shape index (κ3) is 4.69. The van der Waals surface area contributed by atoms with Crippen LogP contribution in [0.25, 0.3) is 0 Å². The number of methoxy groups -OCH3 is 1. The van der Waals surface area contributed by atoms with Crippen LogP contribution in [-0.2, 0) is 11.2 Å². The largest absolute Gasteiger partial charge is 0.504 e. The lowest BCUT2D eigenvalue weighted by atomic mass is 9.91. The summed E-state index contributed by atoms with van der Waals surface area (Å²) in [4.78, 5) is 14.3. The summed E-state index contributed by atoms with van der Waals surface area (Å²) in [5, 5.41) is 21.1. The van der Waals surface area contributed by atoms with Crippen molar-refractivity contribution in [2.75, 3.05) is 20.2 Å². The molecule has 2 aromatic rings. The fourth-order valence-corrected chi connectivity index (χ4v) is 3.55.